The third-order valence-electron chi connectivity index (χ3n) is 4.10. The molecule has 4 nitrogen and oxygen atoms in total. The highest BCUT2D eigenvalue weighted by molar-refractivity contribution is 5.76. The van der Waals surface area contributed by atoms with Crippen molar-refractivity contribution in [1.82, 2.24) is 4.90 Å². The third-order valence-corrected chi connectivity index (χ3v) is 4.10. The van der Waals surface area contributed by atoms with Crippen LogP contribution in [0.3, 0.4) is 0 Å². The molecule has 2 rings (SSSR count). The molecular weight excluding hydrogens is 345 g/mol. The van der Waals surface area contributed by atoms with E-state index in [1.54, 1.807) is 6.07 Å². The Morgan fingerprint density at radius 2 is 1.81 bits per heavy atom. The van der Waals surface area contributed by atoms with Crippen LogP contribution in [0.4, 0.5) is 4.39 Å². The predicted octanol–water partition coefficient (Wildman–Crippen LogP) is 4.64. The molecule has 2 aromatic carbocycles. The van der Waals surface area contributed by atoms with Gasteiger partial charge in [-0.3, -0.25) is 4.79 Å². The summed E-state index contributed by atoms with van der Waals surface area (Å²) in [5.41, 5.74) is 2.21. The molecule has 0 unspecified atom stereocenters. The molecule has 0 aliphatic carbocycles. The second-order valence-corrected chi connectivity index (χ2v) is 6.05. The van der Waals surface area contributed by atoms with Crippen molar-refractivity contribution in [3.05, 3.63) is 53.8 Å². The van der Waals surface area contributed by atoms with E-state index in [4.69, 9.17) is 9.53 Å². The van der Waals surface area contributed by atoms with E-state index in [1.165, 1.54) is 6.07 Å². The van der Waals surface area contributed by atoms with Gasteiger partial charge in [0.15, 0.2) is 0 Å². The molecule has 0 atom stereocenters. The highest BCUT2D eigenvalue weighted by atomic mass is 19.1. The van der Waals surface area contributed by atoms with Crippen LogP contribution in [0, 0.1) is 12.7 Å². The molecule has 0 radical (unpaired) electrons. The molecule has 0 aliphatic heterocycles. The molecule has 0 spiro atoms. The Labute approximate surface area is 161 Å². The molecule has 0 heterocycles. The average Bonchev–Trinajstić information content (AvgIpc) is 2.70. The SMILES string of the molecule is C=O.CCCN(CC)C(=O)CCOc1ccccc1-c1cc(C)ccc1F. The predicted molar refractivity (Wildman–Crippen MR) is 106 cm³/mol. The van der Waals surface area contributed by atoms with Crippen molar-refractivity contribution in [2.45, 2.75) is 33.6 Å². The summed E-state index contributed by atoms with van der Waals surface area (Å²) in [7, 11) is 0. The van der Waals surface area contributed by atoms with Crippen LogP contribution in [-0.2, 0) is 9.59 Å². The lowest BCUT2D eigenvalue weighted by Gasteiger charge is -2.20. The van der Waals surface area contributed by atoms with Crippen molar-refractivity contribution in [2.24, 2.45) is 0 Å². The first-order chi connectivity index (χ1) is 13.1. The minimum absolute atomic E-state index is 0.0866. The van der Waals surface area contributed by atoms with Gasteiger partial charge in [0.2, 0.25) is 5.91 Å². The molecular formula is C22H28FNO3. The minimum atomic E-state index is -0.280. The maximum atomic E-state index is 14.2. The molecule has 27 heavy (non-hydrogen) atoms. The fraction of sp³-hybridized carbons (Fsp3) is 0.364. The van der Waals surface area contributed by atoms with Crippen LogP contribution in [0.25, 0.3) is 11.1 Å². The number of carbonyl (C=O) groups excluding carboxylic acids is 2. The zero-order valence-corrected chi connectivity index (χ0v) is 16.3. The third kappa shape index (κ3) is 6.51. The van der Waals surface area contributed by atoms with E-state index in [9.17, 15) is 9.18 Å². The molecule has 0 saturated carbocycles. The van der Waals surface area contributed by atoms with Crippen LogP contribution in [0.1, 0.15) is 32.3 Å². The summed E-state index contributed by atoms with van der Waals surface area (Å²) in [6, 6.07) is 12.4. The van der Waals surface area contributed by atoms with Gasteiger partial charge < -0.3 is 14.4 Å². The summed E-state index contributed by atoms with van der Waals surface area (Å²) in [6.45, 7) is 9.71. The average molecular weight is 373 g/mol. The highest BCUT2D eigenvalue weighted by Crippen LogP contribution is 2.32. The first kappa shape index (κ1) is 22.4. The van der Waals surface area contributed by atoms with Crippen LogP contribution in [0.2, 0.25) is 0 Å². The smallest absolute Gasteiger partial charge is 0.225 e. The number of rotatable bonds is 8. The number of para-hydroxylation sites is 1. The minimum Gasteiger partial charge on any atom is -0.492 e. The molecule has 2 aromatic rings. The molecule has 0 aliphatic rings. The lowest BCUT2D eigenvalue weighted by atomic mass is 10.0. The molecule has 5 heteroatoms. The topological polar surface area (TPSA) is 46.6 Å². The largest absolute Gasteiger partial charge is 0.492 e. The van der Waals surface area contributed by atoms with Crippen molar-refractivity contribution in [3.63, 3.8) is 0 Å². The monoisotopic (exact) mass is 373 g/mol. The van der Waals surface area contributed by atoms with E-state index in [2.05, 4.69) is 6.92 Å². The molecule has 1 amide bonds. The lowest BCUT2D eigenvalue weighted by molar-refractivity contribution is -0.131. The van der Waals surface area contributed by atoms with Gasteiger partial charge in [-0.1, -0.05) is 36.8 Å². The summed E-state index contributed by atoms with van der Waals surface area (Å²) < 4.78 is 20.0. The highest BCUT2D eigenvalue weighted by Gasteiger charge is 2.13. The molecule has 0 saturated heterocycles. The van der Waals surface area contributed by atoms with Crippen LogP contribution in [0.15, 0.2) is 42.5 Å². The zero-order chi connectivity index (χ0) is 20.2. The first-order valence-electron chi connectivity index (χ1n) is 9.11. The van der Waals surface area contributed by atoms with Crippen LogP contribution < -0.4 is 4.74 Å². The number of amides is 1. The molecule has 0 bridgehead atoms. The van der Waals surface area contributed by atoms with Crippen molar-refractivity contribution in [1.29, 1.82) is 0 Å². The zero-order valence-electron chi connectivity index (χ0n) is 16.3. The van der Waals surface area contributed by atoms with Crippen LogP contribution >= 0.6 is 0 Å². The van der Waals surface area contributed by atoms with Gasteiger partial charge in [0.25, 0.3) is 0 Å². The summed E-state index contributed by atoms with van der Waals surface area (Å²) in [4.78, 5) is 22.0. The number of carbonyl (C=O) groups is 2. The Balaban J connectivity index is 0.00000176. The number of hydrogen-bond donors (Lipinski definition) is 0. The van der Waals surface area contributed by atoms with Gasteiger partial charge in [-0.2, -0.15) is 0 Å². The van der Waals surface area contributed by atoms with E-state index >= 15 is 0 Å². The lowest BCUT2D eigenvalue weighted by Crippen LogP contribution is -2.32. The number of ether oxygens (including phenoxy) is 1. The maximum Gasteiger partial charge on any atom is 0.225 e. The van der Waals surface area contributed by atoms with Gasteiger partial charge in [-0.15, -0.1) is 0 Å². The Kier molecular flexibility index (Phi) is 9.80. The number of aryl methyl sites for hydroxylation is 1. The standard InChI is InChI=1S/C21H26FNO2.CH2O/c1-4-13-23(5-2)21(24)12-14-25-20-9-7-6-8-17(20)18-15-16(3)10-11-19(18)22;1-2/h6-11,15H,4-5,12-14H2,1-3H3;1H2. The van der Waals surface area contributed by atoms with Crippen molar-refractivity contribution < 1.29 is 18.7 Å². The summed E-state index contributed by atoms with van der Waals surface area (Å²) >= 11 is 0. The van der Waals surface area contributed by atoms with E-state index in [-0.39, 0.29) is 18.3 Å². The second kappa shape index (κ2) is 11.8. The van der Waals surface area contributed by atoms with Crippen LogP contribution in [0.5, 0.6) is 5.75 Å². The maximum absolute atomic E-state index is 14.2. The molecule has 0 N–H and O–H groups in total. The fourth-order valence-electron chi connectivity index (χ4n) is 2.80. The molecule has 146 valence electrons. The fourth-order valence-corrected chi connectivity index (χ4v) is 2.80. The van der Waals surface area contributed by atoms with E-state index < -0.39 is 0 Å². The second-order valence-electron chi connectivity index (χ2n) is 6.05. The first-order valence-corrected chi connectivity index (χ1v) is 9.11. The van der Waals surface area contributed by atoms with Crippen LogP contribution in [-0.4, -0.2) is 37.3 Å². The van der Waals surface area contributed by atoms with Crippen molar-refractivity contribution in [3.8, 4) is 16.9 Å². The number of nitrogens with zero attached hydrogens (tertiary/aromatic N) is 1. The Hall–Kier alpha value is -2.69. The Morgan fingerprint density at radius 1 is 1.11 bits per heavy atom. The Bertz CT molecular complexity index is 733. The number of hydrogen-bond acceptors (Lipinski definition) is 3. The van der Waals surface area contributed by atoms with Gasteiger partial charge in [-0.25, -0.2) is 4.39 Å². The number of halogens is 1. The summed E-state index contributed by atoms with van der Waals surface area (Å²) in [5.74, 6) is 0.403. The van der Waals surface area contributed by atoms with Gasteiger partial charge in [0, 0.05) is 24.2 Å². The summed E-state index contributed by atoms with van der Waals surface area (Å²) in [5, 5.41) is 0. The van der Waals surface area contributed by atoms with Crippen molar-refractivity contribution >= 4 is 12.7 Å². The number of benzene rings is 2. The van der Waals surface area contributed by atoms with Gasteiger partial charge in [0.05, 0.1) is 13.0 Å². The van der Waals surface area contributed by atoms with E-state index in [0.717, 1.165) is 18.5 Å². The normalized spacial score (nSPS) is 9.93. The Morgan fingerprint density at radius 3 is 2.48 bits per heavy atom. The summed E-state index contributed by atoms with van der Waals surface area (Å²) in [6.07, 6.45) is 1.26. The molecule has 0 aromatic heterocycles. The van der Waals surface area contributed by atoms with Gasteiger partial charge >= 0.3 is 0 Å². The quantitative estimate of drug-likeness (QED) is 0.677. The van der Waals surface area contributed by atoms with Gasteiger partial charge in [0.1, 0.15) is 18.4 Å². The van der Waals surface area contributed by atoms with Gasteiger partial charge in [-0.05, 0) is 38.5 Å². The molecule has 0 fully saturated rings. The van der Waals surface area contributed by atoms with E-state index in [1.807, 2.05) is 55.9 Å². The van der Waals surface area contributed by atoms with Crippen molar-refractivity contribution in [2.75, 3.05) is 19.7 Å². The van der Waals surface area contributed by atoms with E-state index in [0.29, 0.717) is 29.8 Å².